The van der Waals surface area contributed by atoms with Crippen molar-refractivity contribution in [2.75, 3.05) is 0 Å². The van der Waals surface area contributed by atoms with E-state index in [0.717, 1.165) is 25.0 Å². The monoisotopic (exact) mass is 139 g/mol. The van der Waals surface area contributed by atoms with E-state index in [4.69, 9.17) is 10.5 Å². The maximum atomic E-state index is 5.84. The van der Waals surface area contributed by atoms with E-state index in [1.807, 2.05) is 6.92 Å². The van der Waals surface area contributed by atoms with Gasteiger partial charge in [0.2, 0.25) is 0 Å². The average molecular weight is 139 g/mol. The summed E-state index contributed by atoms with van der Waals surface area (Å²) < 4.78 is 5.53. The van der Waals surface area contributed by atoms with Crippen LogP contribution in [0.1, 0.15) is 26.2 Å². The lowest BCUT2D eigenvalue weighted by atomic mass is 9.46. The lowest BCUT2D eigenvalue weighted by Crippen LogP contribution is -2.77. The second kappa shape index (κ2) is 1.40. The predicted octanol–water partition coefficient (Wildman–Crippen LogP) is 1.17. The molecule has 0 spiro atoms. The molecule has 0 saturated heterocycles. The van der Waals surface area contributed by atoms with E-state index in [1.165, 1.54) is 0 Å². The Hall–Kier alpha value is -0.500. The van der Waals surface area contributed by atoms with Crippen molar-refractivity contribution >= 4 is 0 Å². The van der Waals surface area contributed by atoms with Gasteiger partial charge >= 0.3 is 0 Å². The molecule has 3 aliphatic carbocycles. The van der Waals surface area contributed by atoms with Gasteiger partial charge in [-0.25, -0.2) is 0 Å². The molecule has 0 aromatic carbocycles. The molecular weight excluding hydrogens is 126 g/mol. The van der Waals surface area contributed by atoms with Crippen LogP contribution in [0.25, 0.3) is 0 Å². The van der Waals surface area contributed by atoms with E-state index >= 15 is 0 Å². The van der Waals surface area contributed by atoms with Crippen LogP contribution in [-0.4, -0.2) is 11.1 Å². The summed E-state index contributed by atoms with van der Waals surface area (Å²) in [6.07, 6.45) is 3.10. The van der Waals surface area contributed by atoms with Crippen LogP contribution < -0.4 is 5.73 Å². The Balaban J connectivity index is 1.93. The average Bonchev–Trinajstić information content (AvgIpc) is 1.56. The van der Waals surface area contributed by atoms with Gasteiger partial charge in [0.25, 0.3) is 0 Å². The standard InChI is InChI=1S/C8H13NO/c1-6(2)10-8-3-7(9,4-8)5-8/h1,3-5,9H2,2H3. The lowest BCUT2D eigenvalue weighted by molar-refractivity contribution is -0.217. The van der Waals surface area contributed by atoms with Crippen LogP contribution in [0.5, 0.6) is 0 Å². The molecule has 0 radical (unpaired) electrons. The molecule has 10 heavy (non-hydrogen) atoms. The summed E-state index contributed by atoms with van der Waals surface area (Å²) in [4.78, 5) is 0. The molecule has 0 aliphatic heterocycles. The Labute approximate surface area is 61.0 Å². The second-order valence-electron chi connectivity index (χ2n) is 3.88. The third-order valence-electron chi connectivity index (χ3n) is 2.41. The number of hydrogen-bond donors (Lipinski definition) is 1. The highest BCUT2D eigenvalue weighted by molar-refractivity contribution is 5.25. The van der Waals surface area contributed by atoms with Gasteiger partial charge in [0.15, 0.2) is 0 Å². The normalized spacial score (nSPS) is 49.0. The zero-order valence-corrected chi connectivity index (χ0v) is 6.31. The first kappa shape index (κ1) is 6.23. The Morgan fingerprint density at radius 3 is 2.30 bits per heavy atom. The fraction of sp³-hybridized carbons (Fsp3) is 0.750. The van der Waals surface area contributed by atoms with E-state index in [2.05, 4.69) is 6.58 Å². The van der Waals surface area contributed by atoms with E-state index in [0.29, 0.717) is 0 Å². The van der Waals surface area contributed by atoms with Gasteiger partial charge < -0.3 is 10.5 Å². The van der Waals surface area contributed by atoms with E-state index in [1.54, 1.807) is 0 Å². The van der Waals surface area contributed by atoms with E-state index < -0.39 is 0 Å². The molecule has 0 aromatic heterocycles. The molecule has 0 amide bonds. The molecule has 56 valence electrons. The molecule has 2 heteroatoms. The van der Waals surface area contributed by atoms with Crippen LogP contribution in [0.2, 0.25) is 0 Å². The first-order chi connectivity index (χ1) is 4.54. The topological polar surface area (TPSA) is 35.2 Å². The van der Waals surface area contributed by atoms with E-state index in [9.17, 15) is 0 Å². The third kappa shape index (κ3) is 0.626. The van der Waals surface area contributed by atoms with Crippen LogP contribution in [0.4, 0.5) is 0 Å². The first-order valence-electron chi connectivity index (χ1n) is 3.67. The summed E-state index contributed by atoms with van der Waals surface area (Å²) in [5.74, 6) is 0.821. The van der Waals surface area contributed by atoms with Gasteiger partial charge in [-0.15, -0.1) is 0 Å². The second-order valence-corrected chi connectivity index (χ2v) is 3.88. The van der Waals surface area contributed by atoms with Crippen molar-refractivity contribution in [1.82, 2.24) is 0 Å². The molecule has 3 fully saturated rings. The highest BCUT2D eigenvalue weighted by atomic mass is 16.5. The zero-order valence-electron chi connectivity index (χ0n) is 6.31. The Bertz CT molecular complexity index is 178. The van der Waals surface area contributed by atoms with Crippen molar-refractivity contribution < 1.29 is 4.74 Å². The predicted molar refractivity (Wildman–Crippen MR) is 39.4 cm³/mol. The van der Waals surface area contributed by atoms with Gasteiger partial charge in [-0.05, 0) is 6.92 Å². The summed E-state index contributed by atoms with van der Waals surface area (Å²) >= 11 is 0. The molecule has 3 saturated carbocycles. The highest BCUT2D eigenvalue weighted by Crippen LogP contribution is 2.61. The largest absolute Gasteiger partial charge is 0.492 e. The van der Waals surface area contributed by atoms with Crippen molar-refractivity contribution in [3.8, 4) is 0 Å². The molecule has 2 N–H and O–H groups in total. The van der Waals surface area contributed by atoms with Gasteiger partial charge in [0, 0.05) is 24.8 Å². The van der Waals surface area contributed by atoms with Crippen LogP contribution >= 0.6 is 0 Å². The summed E-state index contributed by atoms with van der Waals surface area (Å²) in [5, 5.41) is 0. The van der Waals surface area contributed by atoms with Gasteiger partial charge in [-0.1, -0.05) is 6.58 Å². The Morgan fingerprint density at radius 2 is 2.00 bits per heavy atom. The number of rotatable bonds is 2. The van der Waals surface area contributed by atoms with Crippen LogP contribution in [0.15, 0.2) is 12.3 Å². The van der Waals surface area contributed by atoms with Crippen molar-refractivity contribution in [1.29, 1.82) is 0 Å². The smallest absolute Gasteiger partial charge is 0.114 e. The number of allylic oxidation sites excluding steroid dienone is 1. The SMILES string of the molecule is C=C(C)OC12CC(N)(C1)C2. The zero-order chi connectivity index (χ0) is 7.41. The molecular formula is C8H13NO. The maximum Gasteiger partial charge on any atom is 0.114 e. The minimum absolute atomic E-state index is 0.126. The van der Waals surface area contributed by atoms with Gasteiger partial charge in [0.1, 0.15) is 5.60 Å². The van der Waals surface area contributed by atoms with Crippen molar-refractivity contribution in [2.45, 2.75) is 37.3 Å². The fourth-order valence-electron chi connectivity index (χ4n) is 2.25. The first-order valence-corrected chi connectivity index (χ1v) is 3.67. The molecule has 0 atom stereocenters. The molecule has 0 unspecified atom stereocenters. The van der Waals surface area contributed by atoms with Crippen molar-refractivity contribution in [3.05, 3.63) is 12.3 Å². The Morgan fingerprint density at radius 1 is 1.50 bits per heavy atom. The number of nitrogens with two attached hydrogens (primary N) is 1. The lowest BCUT2D eigenvalue weighted by Gasteiger charge is -2.67. The summed E-state index contributed by atoms with van der Waals surface area (Å²) in [6.45, 7) is 5.60. The minimum atomic E-state index is 0.126. The van der Waals surface area contributed by atoms with Crippen LogP contribution in [0.3, 0.4) is 0 Å². The van der Waals surface area contributed by atoms with Gasteiger partial charge in [-0.2, -0.15) is 0 Å². The fourth-order valence-corrected chi connectivity index (χ4v) is 2.25. The third-order valence-corrected chi connectivity index (χ3v) is 2.41. The number of ether oxygens (including phenoxy) is 1. The van der Waals surface area contributed by atoms with Gasteiger partial charge in [-0.3, -0.25) is 0 Å². The van der Waals surface area contributed by atoms with E-state index in [-0.39, 0.29) is 11.1 Å². The summed E-state index contributed by atoms with van der Waals surface area (Å²) in [5.41, 5.74) is 6.11. The van der Waals surface area contributed by atoms with Crippen molar-refractivity contribution in [3.63, 3.8) is 0 Å². The van der Waals surface area contributed by atoms with Crippen molar-refractivity contribution in [2.24, 2.45) is 5.73 Å². The number of hydrogen-bond acceptors (Lipinski definition) is 2. The van der Waals surface area contributed by atoms with Gasteiger partial charge in [0.05, 0.1) is 5.76 Å². The summed E-state index contributed by atoms with van der Waals surface area (Å²) in [7, 11) is 0. The molecule has 3 aliphatic rings. The Kier molecular flexibility index (Phi) is 0.870. The molecule has 2 nitrogen and oxygen atoms in total. The highest BCUT2D eigenvalue weighted by Gasteiger charge is 2.68. The molecule has 0 aromatic rings. The minimum Gasteiger partial charge on any atom is -0.492 e. The molecule has 3 rings (SSSR count). The van der Waals surface area contributed by atoms with Crippen LogP contribution in [-0.2, 0) is 4.74 Å². The maximum absolute atomic E-state index is 5.84. The van der Waals surface area contributed by atoms with Crippen LogP contribution in [0, 0.1) is 0 Å². The molecule has 2 bridgehead atoms. The quantitative estimate of drug-likeness (QED) is 0.583. The molecule has 0 heterocycles. The summed E-state index contributed by atoms with van der Waals surface area (Å²) in [6, 6.07) is 0.